The first-order valence-corrected chi connectivity index (χ1v) is 3.11. The lowest BCUT2D eigenvalue weighted by Crippen LogP contribution is -2.02. The van der Waals surface area contributed by atoms with Gasteiger partial charge in [0.15, 0.2) is 0 Å². The van der Waals surface area contributed by atoms with Crippen molar-refractivity contribution in [1.29, 1.82) is 0 Å². The predicted molar refractivity (Wildman–Crippen MR) is 39.8 cm³/mol. The van der Waals surface area contributed by atoms with E-state index in [-0.39, 0.29) is 6.61 Å². The maximum absolute atomic E-state index is 10.4. The fraction of sp³-hybridized carbons (Fsp3) is 0.500. The third kappa shape index (κ3) is 6.40. The topological polar surface area (TPSA) is 75.1 Å². The van der Waals surface area contributed by atoms with Crippen molar-refractivity contribution in [3.05, 3.63) is 23.1 Å². The zero-order chi connectivity index (χ0) is 8.53. The molecule has 0 aliphatic carbocycles. The molecular weight excluding hydrogens is 146 g/mol. The van der Waals surface area contributed by atoms with Crippen LogP contribution in [0.3, 0.4) is 0 Å². The lowest BCUT2D eigenvalue weighted by molar-refractivity contribution is -0.137. The summed E-state index contributed by atoms with van der Waals surface area (Å²) in [6, 6.07) is 0. The van der Waals surface area contributed by atoms with Crippen molar-refractivity contribution < 1.29 is 9.53 Å². The smallest absolute Gasteiger partial charge is 0.330 e. The van der Waals surface area contributed by atoms with Gasteiger partial charge in [0.05, 0.1) is 6.61 Å². The van der Waals surface area contributed by atoms with Crippen LogP contribution in [0.25, 0.3) is 10.4 Å². The number of nitrogens with zero attached hydrogens (tertiary/aromatic N) is 3. The average molecular weight is 155 g/mol. The highest BCUT2D eigenvalue weighted by Gasteiger charge is 1.92. The third-order valence-corrected chi connectivity index (χ3v) is 0.877. The van der Waals surface area contributed by atoms with Crippen molar-refractivity contribution in [1.82, 2.24) is 0 Å². The molecule has 11 heavy (non-hydrogen) atoms. The Hall–Kier alpha value is -1.48. The maximum Gasteiger partial charge on any atom is 0.330 e. The fourth-order valence-electron chi connectivity index (χ4n) is 0.412. The van der Waals surface area contributed by atoms with E-state index >= 15 is 0 Å². The number of carbonyl (C=O) groups excluding carboxylic acids is 1. The molecule has 0 atom stereocenters. The molecule has 5 heteroatoms. The molecule has 0 unspecified atom stereocenters. The Morgan fingerprint density at radius 3 is 3.09 bits per heavy atom. The lowest BCUT2D eigenvalue weighted by atomic mass is 10.5. The summed E-state index contributed by atoms with van der Waals surface area (Å²) in [5, 5.41) is 3.26. The minimum atomic E-state index is -0.453. The molecule has 0 radical (unpaired) electrons. The molecule has 0 rings (SSSR count). The number of ether oxygens (including phenoxy) is 1. The van der Waals surface area contributed by atoms with Crippen LogP contribution in [-0.4, -0.2) is 19.1 Å². The van der Waals surface area contributed by atoms with Crippen LogP contribution >= 0.6 is 0 Å². The Kier molecular flexibility index (Phi) is 5.74. The molecule has 0 saturated heterocycles. The van der Waals surface area contributed by atoms with Gasteiger partial charge < -0.3 is 4.74 Å². The Labute approximate surface area is 64.3 Å². The highest BCUT2D eigenvalue weighted by atomic mass is 16.5. The van der Waals surface area contributed by atoms with Gasteiger partial charge in [0.25, 0.3) is 0 Å². The van der Waals surface area contributed by atoms with Crippen molar-refractivity contribution in [2.45, 2.75) is 6.42 Å². The van der Waals surface area contributed by atoms with Gasteiger partial charge in [-0.2, -0.15) is 0 Å². The first kappa shape index (κ1) is 9.52. The second-order valence-corrected chi connectivity index (χ2v) is 1.68. The van der Waals surface area contributed by atoms with Gasteiger partial charge >= 0.3 is 5.97 Å². The van der Waals surface area contributed by atoms with Gasteiger partial charge in [0.1, 0.15) is 0 Å². The Morgan fingerprint density at radius 2 is 2.55 bits per heavy atom. The van der Waals surface area contributed by atoms with E-state index < -0.39 is 5.97 Å². The lowest BCUT2D eigenvalue weighted by Gasteiger charge is -1.97. The van der Waals surface area contributed by atoms with E-state index in [4.69, 9.17) is 5.53 Å². The van der Waals surface area contributed by atoms with Crippen molar-refractivity contribution in [2.75, 3.05) is 13.2 Å². The minimum absolute atomic E-state index is 0.268. The van der Waals surface area contributed by atoms with Crippen LogP contribution in [-0.2, 0) is 9.53 Å². The molecule has 0 N–H and O–H groups in total. The highest BCUT2D eigenvalue weighted by Crippen LogP contribution is 1.85. The normalized spacial score (nSPS) is 8.00. The Balaban J connectivity index is 3.20. The Morgan fingerprint density at radius 1 is 1.82 bits per heavy atom. The molecule has 0 aromatic rings. The minimum Gasteiger partial charge on any atom is -0.463 e. The molecular formula is C6H9N3O2. The fourth-order valence-corrected chi connectivity index (χ4v) is 0.412. The monoisotopic (exact) mass is 155 g/mol. The van der Waals surface area contributed by atoms with E-state index in [0.29, 0.717) is 13.0 Å². The third-order valence-electron chi connectivity index (χ3n) is 0.877. The Bertz CT molecular complexity index is 184. The van der Waals surface area contributed by atoms with E-state index in [9.17, 15) is 4.79 Å². The van der Waals surface area contributed by atoms with Crippen LogP contribution in [0, 0.1) is 0 Å². The number of esters is 1. The van der Waals surface area contributed by atoms with Crippen molar-refractivity contribution in [2.24, 2.45) is 5.11 Å². The first-order valence-electron chi connectivity index (χ1n) is 3.11. The molecule has 0 aliphatic heterocycles. The molecule has 0 aromatic carbocycles. The summed E-state index contributed by atoms with van der Waals surface area (Å²) in [5.41, 5.74) is 7.86. The summed E-state index contributed by atoms with van der Waals surface area (Å²) in [4.78, 5) is 12.9. The molecule has 0 spiro atoms. The number of rotatable bonds is 5. The van der Waals surface area contributed by atoms with Crippen LogP contribution in [0.2, 0.25) is 0 Å². The van der Waals surface area contributed by atoms with Gasteiger partial charge in [-0.25, -0.2) is 4.79 Å². The van der Waals surface area contributed by atoms with E-state index in [0.717, 1.165) is 6.08 Å². The van der Waals surface area contributed by atoms with E-state index in [1.165, 1.54) is 0 Å². The van der Waals surface area contributed by atoms with Gasteiger partial charge in [-0.05, 0) is 12.0 Å². The molecule has 0 aliphatic rings. The van der Waals surface area contributed by atoms with Gasteiger partial charge in [-0.3, -0.25) is 0 Å². The number of hydrogen-bond acceptors (Lipinski definition) is 3. The summed E-state index contributed by atoms with van der Waals surface area (Å²) >= 11 is 0. The van der Waals surface area contributed by atoms with Crippen molar-refractivity contribution in [3.63, 3.8) is 0 Å². The second-order valence-electron chi connectivity index (χ2n) is 1.68. The van der Waals surface area contributed by atoms with E-state index in [1.54, 1.807) is 0 Å². The van der Waals surface area contributed by atoms with Crippen LogP contribution in [0.1, 0.15) is 6.42 Å². The average Bonchev–Trinajstić information content (AvgIpc) is 2.04. The standard InChI is InChI=1S/C6H9N3O2/c1-2-6(10)11-5-3-4-8-9-7/h2H,1,3-5H2. The van der Waals surface area contributed by atoms with Crippen LogP contribution in [0.15, 0.2) is 17.8 Å². The molecule has 60 valence electrons. The van der Waals surface area contributed by atoms with Gasteiger partial charge in [0, 0.05) is 17.5 Å². The predicted octanol–water partition coefficient (Wildman–Crippen LogP) is 1.42. The molecule has 0 saturated carbocycles. The zero-order valence-electron chi connectivity index (χ0n) is 6.06. The molecule has 0 aromatic heterocycles. The zero-order valence-corrected chi connectivity index (χ0v) is 6.06. The largest absolute Gasteiger partial charge is 0.463 e. The molecule has 0 fully saturated rings. The number of carbonyl (C=O) groups is 1. The van der Waals surface area contributed by atoms with Crippen LogP contribution in [0.5, 0.6) is 0 Å². The summed E-state index contributed by atoms with van der Waals surface area (Å²) in [5.74, 6) is -0.453. The van der Waals surface area contributed by atoms with Crippen LogP contribution < -0.4 is 0 Å². The molecule has 0 bridgehead atoms. The van der Waals surface area contributed by atoms with Crippen molar-refractivity contribution >= 4 is 5.97 Å². The van der Waals surface area contributed by atoms with Gasteiger partial charge in [0.2, 0.25) is 0 Å². The maximum atomic E-state index is 10.4. The summed E-state index contributed by atoms with van der Waals surface area (Å²) in [7, 11) is 0. The highest BCUT2D eigenvalue weighted by molar-refractivity contribution is 5.81. The number of azide groups is 1. The molecule has 0 heterocycles. The summed E-state index contributed by atoms with van der Waals surface area (Å²) in [6.07, 6.45) is 1.64. The quantitative estimate of drug-likeness (QED) is 0.150. The summed E-state index contributed by atoms with van der Waals surface area (Å²) < 4.78 is 4.60. The second kappa shape index (κ2) is 6.64. The SMILES string of the molecule is C=CC(=O)OCCCN=[N+]=[N-]. The molecule has 0 amide bonds. The number of hydrogen-bond donors (Lipinski definition) is 0. The first-order chi connectivity index (χ1) is 5.31. The van der Waals surface area contributed by atoms with Gasteiger partial charge in [-0.15, -0.1) is 0 Å². The molecule has 5 nitrogen and oxygen atoms in total. The van der Waals surface area contributed by atoms with Gasteiger partial charge in [-0.1, -0.05) is 11.7 Å². The summed E-state index contributed by atoms with van der Waals surface area (Å²) in [6.45, 7) is 3.84. The van der Waals surface area contributed by atoms with E-state index in [1.807, 2.05) is 0 Å². The van der Waals surface area contributed by atoms with Crippen LogP contribution in [0.4, 0.5) is 0 Å². The van der Waals surface area contributed by atoms with Crippen molar-refractivity contribution in [3.8, 4) is 0 Å². The van der Waals surface area contributed by atoms with E-state index in [2.05, 4.69) is 21.3 Å².